The first kappa shape index (κ1) is 19.0. The molecule has 0 fully saturated rings. The van der Waals surface area contributed by atoms with Crippen molar-refractivity contribution >= 4 is 17.6 Å². The Morgan fingerprint density at radius 1 is 1.03 bits per heavy atom. The fourth-order valence-electron chi connectivity index (χ4n) is 4.26. The summed E-state index contributed by atoms with van der Waals surface area (Å²) in [6.07, 6.45) is 0. The molecule has 2 heterocycles. The minimum absolute atomic E-state index is 0.106. The predicted octanol–water partition coefficient (Wildman–Crippen LogP) is 3.99. The van der Waals surface area contributed by atoms with E-state index in [0.717, 1.165) is 0 Å². The zero-order chi connectivity index (χ0) is 21.5. The highest BCUT2D eigenvalue weighted by Crippen LogP contribution is 2.47. The second-order valence-electron chi connectivity index (χ2n) is 7.33. The number of carboxylic acid groups (broad SMARTS) is 1. The zero-order valence-corrected chi connectivity index (χ0v) is 16.6. The van der Waals surface area contributed by atoms with Gasteiger partial charge in [-0.1, -0.05) is 30.3 Å². The number of methoxy groups -OCH3 is 1. The zero-order valence-electron chi connectivity index (χ0n) is 16.6. The normalized spacial score (nSPS) is 19.1. The lowest BCUT2D eigenvalue weighted by molar-refractivity contribution is -0.139. The number of carbonyl (C=O) groups is 2. The average Bonchev–Trinajstić information content (AvgIpc) is 3.26. The fraction of sp³-hybridized carbons (Fsp3) is 0.167. The van der Waals surface area contributed by atoms with E-state index in [1.54, 1.807) is 73.8 Å². The van der Waals surface area contributed by atoms with Gasteiger partial charge in [0.2, 0.25) is 6.79 Å². The second kappa shape index (κ2) is 7.36. The van der Waals surface area contributed by atoms with E-state index in [4.69, 9.17) is 14.2 Å². The smallest absolute Gasteiger partial charge is 0.313 e. The van der Waals surface area contributed by atoms with Gasteiger partial charge in [0.1, 0.15) is 11.7 Å². The number of nitrogens with zero attached hydrogens (tertiary/aromatic N) is 1. The van der Waals surface area contributed by atoms with Gasteiger partial charge in [0, 0.05) is 17.3 Å². The van der Waals surface area contributed by atoms with E-state index < -0.39 is 17.9 Å². The number of rotatable bonds is 4. The van der Waals surface area contributed by atoms with Crippen molar-refractivity contribution in [2.45, 2.75) is 12.0 Å². The summed E-state index contributed by atoms with van der Waals surface area (Å²) >= 11 is 0. The molecule has 0 aromatic heterocycles. The third-order valence-corrected chi connectivity index (χ3v) is 5.70. The van der Waals surface area contributed by atoms with E-state index in [9.17, 15) is 14.7 Å². The summed E-state index contributed by atoms with van der Waals surface area (Å²) in [6.45, 7) is 0.106. The Labute approximate surface area is 178 Å². The molecule has 1 amide bonds. The first-order valence-electron chi connectivity index (χ1n) is 9.77. The van der Waals surface area contributed by atoms with Crippen LogP contribution in [-0.2, 0) is 4.79 Å². The van der Waals surface area contributed by atoms with Crippen molar-refractivity contribution in [3.63, 3.8) is 0 Å². The highest BCUT2D eigenvalue weighted by atomic mass is 16.7. The molecule has 7 heteroatoms. The van der Waals surface area contributed by atoms with Crippen LogP contribution in [0.2, 0.25) is 0 Å². The van der Waals surface area contributed by atoms with Gasteiger partial charge in [-0.25, -0.2) is 0 Å². The second-order valence-corrected chi connectivity index (χ2v) is 7.33. The van der Waals surface area contributed by atoms with Crippen molar-refractivity contribution in [3.8, 4) is 17.2 Å². The summed E-state index contributed by atoms with van der Waals surface area (Å²) in [5.41, 5.74) is 2.10. The van der Waals surface area contributed by atoms with Crippen LogP contribution in [0.25, 0.3) is 0 Å². The van der Waals surface area contributed by atoms with Crippen LogP contribution in [0, 0.1) is 0 Å². The van der Waals surface area contributed by atoms with E-state index in [2.05, 4.69) is 0 Å². The first-order valence-corrected chi connectivity index (χ1v) is 9.77. The van der Waals surface area contributed by atoms with Gasteiger partial charge in [-0.15, -0.1) is 0 Å². The first-order chi connectivity index (χ1) is 15.1. The van der Waals surface area contributed by atoms with Crippen molar-refractivity contribution in [3.05, 3.63) is 83.4 Å². The molecule has 3 aromatic carbocycles. The Kier molecular flexibility index (Phi) is 4.51. The van der Waals surface area contributed by atoms with Crippen molar-refractivity contribution in [2.24, 2.45) is 0 Å². The Balaban J connectivity index is 1.72. The van der Waals surface area contributed by atoms with Crippen LogP contribution in [0.1, 0.15) is 33.4 Å². The summed E-state index contributed by atoms with van der Waals surface area (Å²) in [6, 6.07) is 18.4. The van der Waals surface area contributed by atoms with Gasteiger partial charge in [-0.05, 0) is 41.5 Å². The summed E-state index contributed by atoms with van der Waals surface area (Å²) in [7, 11) is 1.56. The van der Waals surface area contributed by atoms with Gasteiger partial charge in [0.25, 0.3) is 5.91 Å². The van der Waals surface area contributed by atoms with Gasteiger partial charge < -0.3 is 19.3 Å². The lowest BCUT2D eigenvalue weighted by Gasteiger charge is -2.40. The predicted molar refractivity (Wildman–Crippen MR) is 112 cm³/mol. The van der Waals surface area contributed by atoms with Crippen LogP contribution in [0.15, 0.2) is 66.7 Å². The third kappa shape index (κ3) is 3.06. The monoisotopic (exact) mass is 417 g/mol. The number of carboxylic acids is 1. The standard InChI is InChI=1S/C24H19NO6/c1-29-16-9-6-14(7-10-16)22-21(24(27)28)17-4-2-3-5-18(17)23(26)25(22)15-8-11-19-20(12-15)31-13-30-19/h2-12,21-22H,13H2,1H3,(H,27,28)/t21-,22-/m0/s1. The molecule has 0 bridgehead atoms. The number of hydrogen-bond donors (Lipinski definition) is 1. The van der Waals surface area contributed by atoms with E-state index >= 15 is 0 Å². The van der Waals surface area contributed by atoms with Gasteiger partial charge in [0.15, 0.2) is 11.5 Å². The quantitative estimate of drug-likeness (QED) is 0.691. The molecule has 2 aliphatic rings. The van der Waals surface area contributed by atoms with Crippen LogP contribution >= 0.6 is 0 Å². The largest absolute Gasteiger partial charge is 0.497 e. The molecule has 5 rings (SSSR count). The molecule has 0 spiro atoms. The number of benzene rings is 3. The topological polar surface area (TPSA) is 85.3 Å². The van der Waals surface area contributed by atoms with Crippen molar-refractivity contribution in [2.75, 3.05) is 18.8 Å². The molecular weight excluding hydrogens is 398 g/mol. The van der Waals surface area contributed by atoms with Gasteiger partial charge >= 0.3 is 5.97 Å². The van der Waals surface area contributed by atoms with E-state index in [-0.39, 0.29) is 12.7 Å². The molecule has 0 unspecified atom stereocenters. The molecule has 0 aliphatic carbocycles. The minimum Gasteiger partial charge on any atom is -0.497 e. The van der Waals surface area contributed by atoms with E-state index in [0.29, 0.717) is 39.6 Å². The Hall–Kier alpha value is -4.00. The summed E-state index contributed by atoms with van der Waals surface area (Å²) in [5.74, 6) is -0.478. The van der Waals surface area contributed by atoms with Crippen LogP contribution < -0.4 is 19.1 Å². The highest BCUT2D eigenvalue weighted by molar-refractivity contribution is 6.11. The molecule has 0 radical (unpaired) electrons. The third-order valence-electron chi connectivity index (χ3n) is 5.70. The molecule has 0 saturated heterocycles. The number of amides is 1. The Bertz CT molecular complexity index is 1170. The number of ether oxygens (including phenoxy) is 3. The molecule has 2 atom stereocenters. The maximum atomic E-state index is 13.6. The van der Waals surface area contributed by atoms with Gasteiger partial charge in [-0.3, -0.25) is 14.5 Å². The number of fused-ring (bicyclic) bond motifs is 2. The lowest BCUT2D eigenvalue weighted by Crippen LogP contribution is -2.45. The van der Waals surface area contributed by atoms with E-state index in [1.807, 2.05) is 0 Å². The number of anilines is 1. The molecule has 1 N–H and O–H groups in total. The maximum Gasteiger partial charge on any atom is 0.313 e. The lowest BCUT2D eigenvalue weighted by atomic mass is 9.79. The number of carbonyl (C=O) groups excluding carboxylic acids is 1. The van der Waals surface area contributed by atoms with Crippen LogP contribution in [0.5, 0.6) is 17.2 Å². The Morgan fingerprint density at radius 3 is 2.52 bits per heavy atom. The summed E-state index contributed by atoms with van der Waals surface area (Å²) < 4.78 is 16.1. The maximum absolute atomic E-state index is 13.6. The molecular formula is C24H19NO6. The average molecular weight is 417 g/mol. The van der Waals surface area contributed by atoms with Gasteiger partial charge in [-0.2, -0.15) is 0 Å². The molecule has 3 aromatic rings. The van der Waals surface area contributed by atoms with Gasteiger partial charge in [0.05, 0.1) is 13.2 Å². The molecule has 156 valence electrons. The van der Waals surface area contributed by atoms with Crippen LogP contribution in [0.4, 0.5) is 5.69 Å². The molecule has 0 saturated carbocycles. The van der Waals surface area contributed by atoms with Crippen molar-refractivity contribution < 1.29 is 28.9 Å². The van der Waals surface area contributed by atoms with Crippen LogP contribution in [-0.4, -0.2) is 30.9 Å². The molecule has 31 heavy (non-hydrogen) atoms. The van der Waals surface area contributed by atoms with Crippen molar-refractivity contribution in [1.29, 1.82) is 0 Å². The SMILES string of the molecule is COc1ccc([C@H]2[C@@H](C(=O)O)c3ccccc3C(=O)N2c2ccc3c(c2)OCO3)cc1. The highest BCUT2D eigenvalue weighted by Gasteiger charge is 2.45. The number of aliphatic carboxylic acids is 1. The van der Waals surface area contributed by atoms with E-state index in [1.165, 1.54) is 4.90 Å². The molecule has 2 aliphatic heterocycles. The fourth-order valence-corrected chi connectivity index (χ4v) is 4.26. The molecule has 7 nitrogen and oxygen atoms in total. The summed E-state index contributed by atoms with van der Waals surface area (Å²) in [4.78, 5) is 27.6. The Morgan fingerprint density at radius 2 is 1.77 bits per heavy atom. The van der Waals surface area contributed by atoms with Crippen LogP contribution in [0.3, 0.4) is 0 Å². The summed E-state index contributed by atoms with van der Waals surface area (Å²) in [5, 5.41) is 10.2. The minimum atomic E-state index is -1.01. The van der Waals surface area contributed by atoms with Crippen molar-refractivity contribution in [1.82, 2.24) is 0 Å². The number of hydrogen-bond acceptors (Lipinski definition) is 5.